The molecular formula is C23H36N2O4S. The molecule has 4 aliphatic rings. The van der Waals surface area contributed by atoms with Gasteiger partial charge in [0.05, 0.1) is 19.0 Å². The first-order valence-electron chi connectivity index (χ1n) is 11.3. The molecule has 1 N–H and O–H groups in total. The van der Waals surface area contributed by atoms with Crippen molar-refractivity contribution in [1.29, 1.82) is 0 Å². The van der Waals surface area contributed by atoms with Gasteiger partial charge in [-0.15, -0.1) is 0 Å². The fraction of sp³-hybridized carbons (Fsp3) is 0.739. The van der Waals surface area contributed by atoms with Crippen LogP contribution in [0.25, 0.3) is 0 Å². The molecule has 0 aromatic heterocycles. The van der Waals surface area contributed by atoms with E-state index >= 15 is 0 Å². The zero-order chi connectivity index (χ0) is 21.4. The van der Waals surface area contributed by atoms with E-state index in [9.17, 15) is 8.42 Å². The second-order valence-corrected chi connectivity index (χ2v) is 11.7. The number of rotatable bonds is 2. The molecule has 0 unspecified atom stereocenters. The Labute approximate surface area is 181 Å². The van der Waals surface area contributed by atoms with Crippen LogP contribution in [0.4, 0.5) is 0 Å². The van der Waals surface area contributed by atoms with E-state index in [1.807, 2.05) is 0 Å². The first-order valence-corrected chi connectivity index (χ1v) is 13.2. The van der Waals surface area contributed by atoms with Crippen LogP contribution in [0.1, 0.15) is 63.9 Å². The summed E-state index contributed by atoms with van der Waals surface area (Å²) >= 11 is 0. The topological polar surface area (TPSA) is 67.9 Å². The highest BCUT2D eigenvalue weighted by atomic mass is 32.2. The van der Waals surface area contributed by atoms with E-state index in [0.717, 1.165) is 57.4 Å². The van der Waals surface area contributed by atoms with Gasteiger partial charge < -0.3 is 9.47 Å². The average Bonchev–Trinajstić information content (AvgIpc) is 2.67. The Bertz CT molecular complexity index is 833. The third kappa shape index (κ3) is 5.36. The second-order valence-electron chi connectivity index (χ2n) is 9.88. The lowest BCUT2D eigenvalue weighted by atomic mass is 9.82. The maximum atomic E-state index is 12.0. The van der Waals surface area contributed by atoms with Gasteiger partial charge in [0.2, 0.25) is 10.0 Å². The summed E-state index contributed by atoms with van der Waals surface area (Å²) in [6.07, 6.45) is 7.59. The molecule has 3 aliphatic heterocycles. The van der Waals surface area contributed by atoms with Gasteiger partial charge in [-0.25, -0.2) is 13.1 Å². The summed E-state index contributed by atoms with van der Waals surface area (Å²) < 4.78 is 39.9. The van der Waals surface area contributed by atoms with Crippen LogP contribution < -0.4 is 9.46 Å². The van der Waals surface area contributed by atoms with Crippen LogP contribution in [0.3, 0.4) is 0 Å². The van der Waals surface area contributed by atoms with E-state index in [4.69, 9.17) is 9.47 Å². The van der Waals surface area contributed by atoms with Gasteiger partial charge in [0.1, 0.15) is 11.4 Å². The van der Waals surface area contributed by atoms with E-state index in [-0.39, 0.29) is 18.2 Å². The molecule has 0 spiro atoms. The fourth-order valence-corrected chi connectivity index (χ4v) is 6.29. The third-order valence-corrected chi connectivity index (χ3v) is 7.50. The molecule has 1 saturated carbocycles. The van der Waals surface area contributed by atoms with E-state index in [1.165, 1.54) is 11.8 Å². The number of fused-ring (bicyclic) bond motifs is 5. The summed E-state index contributed by atoms with van der Waals surface area (Å²) in [6.45, 7) is 6.48. The normalized spacial score (nSPS) is 32.6. The van der Waals surface area contributed by atoms with Crippen molar-refractivity contribution in [3.63, 3.8) is 0 Å². The van der Waals surface area contributed by atoms with Crippen LogP contribution in [0.5, 0.6) is 5.75 Å². The molecule has 0 radical (unpaired) electrons. The Morgan fingerprint density at radius 3 is 2.57 bits per heavy atom. The molecule has 1 aliphatic carbocycles. The van der Waals surface area contributed by atoms with Crippen LogP contribution >= 0.6 is 0 Å². The van der Waals surface area contributed by atoms with Crippen LogP contribution in [0.15, 0.2) is 24.3 Å². The molecule has 7 heteroatoms. The second kappa shape index (κ2) is 8.77. The van der Waals surface area contributed by atoms with Crippen LogP contribution in [0.2, 0.25) is 0 Å². The zero-order valence-electron chi connectivity index (χ0n) is 18.5. The molecular weight excluding hydrogens is 400 g/mol. The van der Waals surface area contributed by atoms with Crippen molar-refractivity contribution in [2.75, 3.05) is 26.0 Å². The lowest BCUT2D eigenvalue weighted by Gasteiger charge is -2.44. The molecule has 2 atom stereocenters. The highest BCUT2D eigenvalue weighted by molar-refractivity contribution is 7.88. The predicted octanol–water partition coefficient (Wildman–Crippen LogP) is 3.28. The van der Waals surface area contributed by atoms with Crippen molar-refractivity contribution in [2.45, 2.75) is 82.1 Å². The Balaban J connectivity index is 1.64. The zero-order valence-corrected chi connectivity index (χ0v) is 19.3. The SMILES string of the molecule is CC1(C)CN2CCC[C@H](NS(C)(=O)=O)[C@@H]2COC2CCC(CC2)c2ccccc2O1. The van der Waals surface area contributed by atoms with E-state index in [2.05, 4.69) is 47.7 Å². The highest BCUT2D eigenvalue weighted by Crippen LogP contribution is 2.40. The van der Waals surface area contributed by atoms with E-state index in [0.29, 0.717) is 12.5 Å². The van der Waals surface area contributed by atoms with Crippen molar-refractivity contribution in [3.05, 3.63) is 29.8 Å². The van der Waals surface area contributed by atoms with Gasteiger partial charge in [-0.3, -0.25) is 4.90 Å². The number of hydrogen-bond acceptors (Lipinski definition) is 5. The summed E-state index contributed by atoms with van der Waals surface area (Å²) in [4.78, 5) is 2.37. The van der Waals surface area contributed by atoms with Gasteiger partial charge in [-0.2, -0.15) is 0 Å². The number of sulfonamides is 1. The maximum Gasteiger partial charge on any atom is 0.209 e. The number of nitrogens with one attached hydrogen (secondary N) is 1. The Morgan fingerprint density at radius 2 is 1.83 bits per heavy atom. The number of piperidine rings is 1. The van der Waals surface area contributed by atoms with Gasteiger partial charge in [0.25, 0.3) is 0 Å². The van der Waals surface area contributed by atoms with E-state index < -0.39 is 15.6 Å². The fourth-order valence-electron chi connectivity index (χ4n) is 5.46. The van der Waals surface area contributed by atoms with Crippen molar-refractivity contribution in [2.24, 2.45) is 0 Å². The van der Waals surface area contributed by atoms with Crippen LogP contribution in [-0.4, -0.2) is 63.1 Å². The minimum atomic E-state index is -3.27. The van der Waals surface area contributed by atoms with Crippen molar-refractivity contribution in [3.8, 4) is 5.75 Å². The van der Waals surface area contributed by atoms with Gasteiger partial charge in [0.15, 0.2) is 0 Å². The quantitative estimate of drug-likeness (QED) is 0.771. The molecule has 2 fully saturated rings. The number of nitrogens with zero attached hydrogens (tertiary/aromatic N) is 1. The van der Waals surface area contributed by atoms with Crippen molar-refractivity contribution < 1.29 is 17.9 Å². The number of benzene rings is 1. The first kappa shape index (κ1) is 22.1. The average molecular weight is 437 g/mol. The summed E-state index contributed by atoms with van der Waals surface area (Å²) in [5, 5.41) is 0. The van der Waals surface area contributed by atoms with Crippen molar-refractivity contribution in [1.82, 2.24) is 9.62 Å². The monoisotopic (exact) mass is 436 g/mol. The van der Waals surface area contributed by atoms with Crippen LogP contribution in [-0.2, 0) is 14.8 Å². The van der Waals surface area contributed by atoms with Crippen LogP contribution in [0, 0.1) is 0 Å². The highest BCUT2D eigenvalue weighted by Gasteiger charge is 2.38. The first-order chi connectivity index (χ1) is 14.2. The summed E-state index contributed by atoms with van der Waals surface area (Å²) in [5.41, 5.74) is 0.919. The standard InChI is InChI=1S/C23H36N2O4S/c1-23(2)16-25-14-6-8-20(24-30(3,26)27)21(25)15-28-18-12-10-17(11-13-18)19-7-4-5-9-22(19)29-23/h4-5,7,9,17-18,20-21,24H,6,8,10-16H2,1-3H3/t17?,18?,20-,21-/m0/s1. The molecule has 1 aromatic rings. The number of para-hydroxylation sites is 1. The molecule has 0 amide bonds. The molecule has 168 valence electrons. The lowest BCUT2D eigenvalue weighted by Crippen LogP contribution is -2.60. The smallest absolute Gasteiger partial charge is 0.209 e. The minimum Gasteiger partial charge on any atom is -0.486 e. The molecule has 5 rings (SSSR count). The van der Waals surface area contributed by atoms with Crippen molar-refractivity contribution >= 4 is 10.0 Å². The maximum absolute atomic E-state index is 12.0. The summed E-state index contributed by atoms with van der Waals surface area (Å²) in [7, 11) is -3.27. The van der Waals surface area contributed by atoms with Gasteiger partial charge in [0, 0.05) is 18.6 Å². The number of hydrogen-bond donors (Lipinski definition) is 1. The Morgan fingerprint density at radius 1 is 1.10 bits per heavy atom. The van der Waals surface area contributed by atoms with E-state index in [1.54, 1.807) is 0 Å². The lowest BCUT2D eigenvalue weighted by molar-refractivity contribution is -0.0427. The Hall–Kier alpha value is -1.15. The van der Waals surface area contributed by atoms with Gasteiger partial charge >= 0.3 is 0 Å². The third-order valence-electron chi connectivity index (χ3n) is 6.77. The molecule has 6 nitrogen and oxygen atoms in total. The molecule has 1 aromatic carbocycles. The van der Waals surface area contributed by atoms with Gasteiger partial charge in [-0.1, -0.05) is 18.2 Å². The molecule has 2 bridgehead atoms. The van der Waals surface area contributed by atoms with Gasteiger partial charge in [-0.05, 0) is 76.5 Å². The predicted molar refractivity (Wildman–Crippen MR) is 118 cm³/mol. The molecule has 3 heterocycles. The largest absolute Gasteiger partial charge is 0.486 e. The molecule has 1 saturated heterocycles. The number of ether oxygens (including phenoxy) is 2. The summed E-state index contributed by atoms with van der Waals surface area (Å²) in [5.74, 6) is 1.50. The Kier molecular flexibility index (Phi) is 6.45. The minimum absolute atomic E-state index is 0.0186. The summed E-state index contributed by atoms with van der Waals surface area (Å²) in [6, 6.07) is 8.37. The molecule has 30 heavy (non-hydrogen) atoms.